The number of aliphatic hydroxyl groups is 2. The Morgan fingerprint density at radius 2 is 1.89 bits per heavy atom. The smallest absolute Gasteiger partial charge is 0.140 e. The van der Waals surface area contributed by atoms with Crippen LogP contribution in [0, 0.1) is 18.3 Å². The molecule has 178 valence electrons. The van der Waals surface area contributed by atoms with E-state index >= 15 is 0 Å². The van der Waals surface area contributed by atoms with E-state index in [1.54, 1.807) is 12.1 Å². The minimum absolute atomic E-state index is 0.0138. The maximum atomic E-state index is 9.65. The molecule has 0 radical (unpaired) electrons. The van der Waals surface area contributed by atoms with Gasteiger partial charge in [-0.1, -0.05) is 43.0 Å². The van der Waals surface area contributed by atoms with E-state index in [1.807, 2.05) is 30.3 Å². The first kappa shape index (κ1) is 24.1. The number of hydrogen-bond acceptors (Lipinski definition) is 6. The molecule has 3 aromatic carbocycles. The molecule has 0 amide bonds. The van der Waals surface area contributed by atoms with Crippen LogP contribution in [0.5, 0.6) is 5.75 Å². The van der Waals surface area contributed by atoms with E-state index in [9.17, 15) is 15.5 Å². The van der Waals surface area contributed by atoms with E-state index in [0.717, 1.165) is 40.1 Å². The monoisotopic (exact) mass is 467 g/mol. The topological polar surface area (TPSA) is 89.1 Å². The minimum Gasteiger partial charge on any atom is -0.513 e. The van der Waals surface area contributed by atoms with Gasteiger partial charge in [-0.2, -0.15) is 10.4 Å². The lowest BCUT2D eigenvalue weighted by atomic mass is 9.95. The number of ether oxygens (including phenoxy) is 1. The minimum atomic E-state index is -0.107. The lowest BCUT2D eigenvalue weighted by Crippen LogP contribution is -2.26. The summed E-state index contributed by atoms with van der Waals surface area (Å²) >= 11 is 0. The fourth-order valence-electron chi connectivity index (χ4n) is 4.46. The Kier molecular flexibility index (Phi) is 7.19. The van der Waals surface area contributed by atoms with Gasteiger partial charge < -0.3 is 14.9 Å². The van der Waals surface area contributed by atoms with Crippen molar-refractivity contribution in [2.45, 2.75) is 38.8 Å². The Labute approximate surface area is 206 Å². The number of aliphatic hydroxyl groups excluding tert-OH is 2. The summed E-state index contributed by atoms with van der Waals surface area (Å²) in [4.78, 5) is 0. The first-order chi connectivity index (χ1) is 16.9. The van der Waals surface area contributed by atoms with E-state index in [0.29, 0.717) is 18.6 Å². The number of aryl methyl sites for hydroxylation is 1. The van der Waals surface area contributed by atoms with Crippen molar-refractivity contribution in [1.82, 2.24) is 0 Å². The van der Waals surface area contributed by atoms with E-state index in [4.69, 9.17) is 4.74 Å². The Balaban J connectivity index is 1.53. The van der Waals surface area contributed by atoms with Crippen molar-refractivity contribution in [3.8, 4) is 22.9 Å². The summed E-state index contributed by atoms with van der Waals surface area (Å²) in [6.07, 6.45) is 1.65. The van der Waals surface area contributed by atoms with Gasteiger partial charge in [0, 0.05) is 18.4 Å². The van der Waals surface area contributed by atoms with Gasteiger partial charge in [-0.15, -0.1) is 0 Å². The molecule has 0 fully saturated rings. The van der Waals surface area contributed by atoms with E-state index in [-0.39, 0.29) is 18.4 Å². The number of nitrogens with zero attached hydrogens (tertiary/aromatic N) is 3. The van der Waals surface area contributed by atoms with Gasteiger partial charge in [0.15, 0.2) is 0 Å². The molecule has 2 N–H and O–H groups in total. The number of hydrogen-bond donors (Lipinski definition) is 2. The third kappa shape index (κ3) is 5.37. The van der Waals surface area contributed by atoms with Gasteiger partial charge >= 0.3 is 0 Å². The molecule has 4 rings (SSSR count). The van der Waals surface area contributed by atoms with Crippen molar-refractivity contribution in [1.29, 1.82) is 5.26 Å². The van der Waals surface area contributed by atoms with Gasteiger partial charge in [0.05, 0.1) is 31.2 Å². The lowest BCUT2D eigenvalue weighted by Gasteiger charge is -2.23. The number of hydrazone groups is 1. The summed E-state index contributed by atoms with van der Waals surface area (Å²) in [5.41, 5.74) is 7.75. The molecule has 1 heterocycles. The van der Waals surface area contributed by atoms with Crippen LogP contribution in [0.25, 0.3) is 11.1 Å². The van der Waals surface area contributed by atoms with Gasteiger partial charge in [0.2, 0.25) is 0 Å². The summed E-state index contributed by atoms with van der Waals surface area (Å²) in [6.45, 7) is 5.68. The quantitative estimate of drug-likeness (QED) is 0.417. The van der Waals surface area contributed by atoms with Crippen LogP contribution in [0.1, 0.15) is 35.1 Å². The highest BCUT2D eigenvalue weighted by Gasteiger charge is 2.28. The highest BCUT2D eigenvalue weighted by atomic mass is 16.5. The van der Waals surface area contributed by atoms with E-state index < -0.39 is 0 Å². The predicted molar refractivity (Wildman–Crippen MR) is 139 cm³/mol. The number of anilines is 1. The Morgan fingerprint density at radius 3 is 2.51 bits per heavy atom. The highest BCUT2D eigenvalue weighted by Crippen LogP contribution is 2.33. The maximum absolute atomic E-state index is 9.65. The van der Waals surface area contributed by atoms with Crippen LogP contribution in [0.2, 0.25) is 0 Å². The molecular formula is C29H29N3O3. The molecule has 0 saturated carbocycles. The van der Waals surface area contributed by atoms with Crippen LogP contribution in [-0.4, -0.2) is 29.1 Å². The molecule has 0 bridgehead atoms. The number of rotatable bonds is 8. The zero-order valence-corrected chi connectivity index (χ0v) is 20.0. The SMILES string of the molecule is C=C(O)CC1CC(C#N)=NN1c1ccc(Cc2ccc(-c3cc(CO)ccc3OC)cc2C)cc1. The Hall–Kier alpha value is -4.08. The van der Waals surface area contributed by atoms with Gasteiger partial charge in [-0.05, 0) is 65.4 Å². The van der Waals surface area contributed by atoms with Crippen molar-refractivity contribution in [2.75, 3.05) is 12.1 Å². The zero-order chi connectivity index (χ0) is 24.9. The number of methoxy groups -OCH3 is 1. The molecule has 6 nitrogen and oxygen atoms in total. The van der Waals surface area contributed by atoms with Gasteiger partial charge in [0.1, 0.15) is 17.5 Å². The number of benzene rings is 3. The second kappa shape index (κ2) is 10.5. The van der Waals surface area contributed by atoms with E-state index in [1.165, 1.54) is 11.1 Å². The van der Waals surface area contributed by atoms with E-state index in [2.05, 4.69) is 55.0 Å². The van der Waals surface area contributed by atoms with Crippen LogP contribution >= 0.6 is 0 Å². The molecule has 1 atom stereocenters. The second-order valence-corrected chi connectivity index (χ2v) is 8.81. The predicted octanol–water partition coefficient (Wildman–Crippen LogP) is 5.67. The summed E-state index contributed by atoms with van der Waals surface area (Å²) < 4.78 is 5.53. The fraction of sp³-hybridized carbons (Fsp3) is 0.241. The molecular weight excluding hydrogens is 438 g/mol. The average Bonchev–Trinajstić information content (AvgIpc) is 3.27. The average molecular weight is 468 g/mol. The molecule has 35 heavy (non-hydrogen) atoms. The first-order valence-electron chi connectivity index (χ1n) is 11.5. The molecule has 0 spiro atoms. The zero-order valence-electron chi connectivity index (χ0n) is 20.0. The van der Waals surface area contributed by atoms with Crippen LogP contribution in [0.3, 0.4) is 0 Å². The molecule has 6 heteroatoms. The van der Waals surface area contributed by atoms with Crippen LogP contribution in [0.15, 0.2) is 78.1 Å². The first-order valence-corrected chi connectivity index (χ1v) is 11.5. The molecule has 1 aliphatic heterocycles. The molecule has 1 aliphatic rings. The lowest BCUT2D eigenvalue weighted by molar-refractivity contribution is 0.281. The van der Waals surface area contributed by atoms with Crippen molar-refractivity contribution in [3.63, 3.8) is 0 Å². The van der Waals surface area contributed by atoms with Crippen LogP contribution in [-0.2, 0) is 13.0 Å². The molecule has 0 aromatic heterocycles. The molecule has 1 unspecified atom stereocenters. The second-order valence-electron chi connectivity index (χ2n) is 8.81. The molecule has 3 aromatic rings. The van der Waals surface area contributed by atoms with Crippen LogP contribution in [0.4, 0.5) is 5.69 Å². The molecule has 0 aliphatic carbocycles. The van der Waals surface area contributed by atoms with Gasteiger partial charge in [-0.3, -0.25) is 5.01 Å². The maximum Gasteiger partial charge on any atom is 0.140 e. The van der Waals surface area contributed by atoms with Gasteiger partial charge in [-0.25, -0.2) is 0 Å². The Bertz CT molecular complexity index is 1310. The summed E-state index contributed by atoms with van der Waals surface area (Å²) in [7, 11) is 1.65. The summed E-state index contributed by atoms with van der Waals surface area (Å²) in [5.74, 6) is 0.864. The summed E-state index contributed by atoms with van der Waals surface area (Å²) in [5, 5.41) is 34.6. The van der Waals surface area contributed by atoms with Crippen molar-refractivity contribution < 1.29 is 14.9 Å². The van der Waals surface area contributed by atoms with Crippen molar-refractivity contribution in [2.24, 2.45) is 5.10 Å². The van der Waals surface area contributed by atoms with Crippen molar-refractivity contribution in [3.05, 3.63) is 95.3 Å². The summed E-state index contributed by atoms with van der Waals surface area (Å²) in [6, 6.07) is 22.2. The number of nitriles is 1. The van der Waals surface area contributed by atoms with Crippen LogP contribution < -0.4 is 9.75 Å². The third-order valence-corrected chi connectivity index (χ3v) is 6.30. The highest BCUT2D eigenvalue weighted by molar-refractivity contribution is 6.01. The standard InChI is InChI=1S/C29H29N3O3/c1-19-12-24(28-15-22(18-33)6-11-29(28)35-3)8-7-23(19)14-21-4-9-26(10-5-21)32-27(13-20(2)34)16-25(17-30)31-32/h4-12,15,27,33-34H,2,13-14,16,18H2,1,3H3. The van der Waals surface area contributed by atoms with Gasteiger partial charge in [0.25, 0.3) is 0 Å². The Morgan fingerprint density at radius 1 is 1.14 bits per heavy atom. The largest absolute Gasteiger partial charge is 0.513 e. The molecule has 0 saturated heterocycles. The van der Waals surface area contributed by atoms with Crippen molar-refractivity contribution >= 4 is 11.4 Å². The third-order valence-electron chi connectivity index (χ3n) is 6.30. The normalized spacial score (nSPS) is 15.0. The fourth-order valence-corrected chi connectivity index (χ4v) is 4.46.